The maximum atomic E-state index is 15.8. The molecule has 268 valence electrons. The highest BCUT2D eigenvalue weighted by atomic mass is 19.1. The highest BCUT2D eigenvalue weighted by molar-refractivity contribution is 6.00. The maximum absolute atomic E-state index is 15.8. The minimum atomic E-state index is -0.867. The normalized spacial score (nSPS) is 24.0. The van der Waals surface area contributed by atoms with Crippen LogP contribution in [0.1, 0.15) is 95.1 Å². The molecule has 2 aromatic rings. The summed E-state index contributed by atoms with van der Waals surface area (Å²) in [5, 5.41) is 12.9. The molecule has 2 aliphatic carbocycles. The van der Waals surface area contributed by atoms with Crippen molar-refractivity contribution >= 4 is 29.3 Å². The van der Waals surface area contributed by atoms with Crippen LogP contribution in [0.25, 0.3) is 0 Å². The molecule has 2 heterocycles. The smallest absolute Gasteiger partial charge is 0.270 e. The predicted molar refractivity (Wildman–Crippen MR) is 186 cm³/mol. The number of halogens is 1. The van der Waals surface area contributed by atoms with Gasteiger partial charge in [0.25, 0.3) is 5.91 Å². The van der Waals surface area contributed by atoms with E-state index in [9.17, 15) is 19.2 Å². The summed E-state index contributed by atoms with van der Waals surface area (Å²) in [6.45, 7) is 12.2. The van der Waals surface area contributed by atoms with Gasteiger partial charge in [0.15, 0.2) is 0 Å². The van der Waals surface area contributed by atoms with Gasteiger partial charge in [-0.25, -0.2) is 4.39 Å². The lowest BCUT2D eigenvalue weighted by atomic mass is 9.79. The lowest BCUT2D eigenvalue weighted by Crippen LogP contribution is -2.58. The summed E-state index contributed by atoms with van der Waals surface area (Å²) in [7, 11) is 2.03. The number of piperazine rings is 1. The molecular weight excluding hydrogens is 625 g/mol. The van der Waals surface area contributed by atoms with Crippen LogP contribution in [0.2, 0.25) is 0 Å². The van der Waals surface area contributed by atoms with Crippen molar-refractivity contribution in [2.75, 3.05) is 32.0 Å². The van der Waals surface area contributed by atoms with E-state index in [0.717, 1.165) is 45.1 Å². The number of likely N-dealkylation sites (N-methyl/N-ethyl adjacent to an activating group) is 1. The predicted octanol–water partition coefficient (Wildman–Crippen LogP) is 4.40. The standard InChI is InChI=1S/C37H54FN7O4/c1-7-45-31(16-17-39-45)35(47)42-33(27-10-8-22(2)9-11-27)36(48)40-30-15-14-28(20-29(30)38)24(4)32(41-34(46)25(5)26-12-13-26)37(49)44-19-18-43(6)23(3)21-44/h14-17,20,22-27,32-33H,7-13,18-19,21H2,1-6H3,(H,40,48)(H,41,46)(H,42,47)/t22?,23-,24-,25?,27?,32+,33-/m0/s1. The van der Waals surface area contributed by atoms with E-state index in [4.69, 9.17) is 0 Å². The largest absolute Gasteiger partial charge is 0.343 e. The van der Waals surface area contributed by atoms with Crippen LogP contribution < -0.4 is 16.0 Å². The third-order valence-corrected chi connectivity index (χ3v) is 11.2. The molecule has 1 saturated heterocycles. The molecule has 2 saturated carbocycles. The van der Waals surface area contributed by atoms with Crippen molar-refractivity contribution < 1.29 is 23.6 Å². The first-order valence-corrected chi connectivity index (χ1v) is 18.1. The number of carbonyl (C=O) groups excluding carboxylic acids is 4. The molecular formula is C37H54FN7O4. The van der Waals surface area contributed by atoms with Gasteiger partial charge in [-0.1, -0.05) is 39.7 Å². The fraction of sp³-hybridized carbons (Fsp3) is 0.649. The highest BCUT2D eigenvalue weighted by Gasteiger charge is 2.39. The molecule has 49 heavy (non-hydrogen) atoms. The Labute approximate surface area is 289 Å². The molecule has 0 spiro atoms. The van der Waals surface area contributed by atoms with Crippen molar-refractivity contribution in [1.29, 1.82) is 0 Å². The van der Waals surface area contributed by atoms with Crippen LogP contribution in [0.4, 0.5) is 10.1 Å². The van der Waals surface area contributed by atoms with Crippen molar-refractivity contribution in [2.24, 2.45) is 23.7 Å². The average Bonchev–Trinajstić information content (AvgIpc) is 3.83. The zero-order chi connectivity index (χ0) is 35.4. The first kappa shape index (κ1) is 36.5. The van der Waals surface area contributed by atoms with Gasteiger partial charge in [0.2, 0.25) is 17.7 Å². The molecule has 3 aliphatic rings. The summed E-state index contributed by atoms with van der Waals surface area (Å²) in [4.78, 5) is 58.3. The number of nitrogens with zero attached hydrogens (tertiary/aromatic N) is 4. The first-order valence-electron chi connectivity index (χ1n) is 18.1. The van der Waals surface area contributed by atoms with Gasteiger partial charge in [0.1, 0.15) is 23.6 Å². The summed E-state index contributed by atoms with van der Waals surface area (Å²) < 4.78 is 17.4. The number of carbonyl (C=O) groups is 4. The van der Waals surface area contributed by atoms with E-state index in [1.54, 1.807) is 27.9 Å². The number of hydrogen-bond donors (Lipinski definition) is 3. The molecule has 11 nitrogen and oxygen atoms in total. The van der Waals surface area contributed by atoms with Gasteiger partial charge in [0, 0.05) is 50.3 Å². The fourth-order valence-electron chi connectivity index (χ4n) is 7.27. The van der Waals surface area contributed by atoms with Crippen molar-refractivity contribution in [3.63, 3.8) is 0 Å². The Morgan fingerprint density at radius 1 is 0.939 bits per heavy atom. The van der Waals surface area contributed by atoms with E-state index in [2.05, 4.69) is 39.8 Å². The lowest BCUT2D eigenvalue weighted by molar-refractivity contribution is -0.140. The number of nitrogens with one attached hydrogen (secondary N) is 3. The first-order chi connectivity index (χ1) is 23.4. The third kappa shape index (κ3) is 8.69. The quantitative estimate of drug-likeness (QED) is 0.305. The average molecular weight is 680 g/mol. The number of amides is 4. The van der Waals surface area contributed by atoms with Gasteiger partial charge in [-0.15, -0.1) is 0 Å². The molecule has 1 aliphatic heterocycles. The van der Waals surface area contributed by atoms with Gasteiger partial charge in [-0.3, -0.25) is 23.9 Å². The summed E-state index contributed by atoms with van der Waals surface area (Å²) in [5.74, 6) is -1.82. The summed E-state index contributed by atoms with van der Waals surface area (Å²) >= 11 is 0. The van der Waals surface area contributed by atoms with E-state index in [1.807, 2.05) is 27.8 Å². The second kappa shape index (κ2) is 15.8. The van der Waals surface area contributed by atoms with E-state index in [0.29, 0.717) is 42.7 Å². The van der Waals surface area contributed by atoms with Crippen molar-refractivity contribution in [3.05, 3.63) is 47.5 Å². The Hall–Kier alpha value is -3.80. The van der Waals surface area contributed by atoms with Crippen molar-refractivity contribution in [1.82, 2.24) is 30.2 Å². The molecule has 4 amide bonds. The van der Waals surface area contributed by atoms with E-state index in [1.165, 1.54) is 12.1 Å². The summed E-state index contributed by atoms with van der Waals surface area (Å²) in [6.07, 6.45) is 7.00. The van der Waals surface area contributed by atoms with E-state index < -0.39 is 35.6 Å². The van der Waals surface area contributed by atoms with Gasteiger partial charge < -0.3 is 25.8 Å². The zero-order valence-corrected chi connectivity index (χ0v) is 29.9. The zero-order valence-electron chi connectivity index (χ0n) is 29.9. The van der Waals surface area contributed by atoms with Crippen molar-refractivity contribution in [2.45, 2.75) is 104 Å². The molecule has 1 aromatic heterocycles. The Kier molecular flexibility index (Phi) is 11.8. The van der Waals surface area contributed by atoms with Crippen LogP contribution in [0.5, 0.6) is 0 Å². The minimum absolute atomic E-state index is 0.00913. The lowest BCUT2D eigenvalue weighted by Gasteiger charge is -2.40. The molecule has 3 fully saturated rings. The highest BCUT2D eigenvalue weighted by Crippen LogP contribution is 2.37. The number of aromatic nitrogens is 2. The molecule has 0 bridgehead atoms. The van der Waals surface area contributed by atoms with Crippen LogP contribution >= 0.6 is 0 Å². The molecule has 3 N–H and O–H groups in total. The molecule has 12 heteroatoms. The Morgan fingerprint density at radius 3 is 2.27 bits per heavy atom. The SMILES string of the molecule is CCn1nccc1C(=O)N[C@H](C(=O)Nc1ccc([C@H](C)[C@@H](NC(=O)C(C)C2CC2)C(=O)N2CCN(C)[C@@H](C)C2)cc1F)C1CCC(C)CC1. The molecule has 1 aromatic carbocycles. The summed E-state index contributed by atoms with van der Waals surface area (Å²) in [6, 6.07) is 4.61. The van der Waals surface area contributed by atoms with Crippen LogP contribution in [0, 0.1) is 29.5 Å². The number of anilines is 1. The summed E-state index contributed by atoms with van der Waals surface area (Å²) in [5.41, 5.74) is 0.891. The number of hydrogen-bond acceptors (Lipinski definition) is 6. The van der Waals surface area contributed by atoms with Gasteiger partial charge >= 0.3 is 0 Å². The fourth-order valence-corrected chi connectivity index (χ4v) is 7.27. The molecule has 1 unspecified atom stereocenters. The maximum Gasteiger partial charge on any atom is 0.270 e. The van der Waals surface area contributed by atoms with Crippen LogP contribution in [0.3, 0.4) is 0 Å². The number of aryl methyl sites for hydroxylation is 1. The third-order valence-electron chi connectivity index (χ3n) is 11.2. The molecule has 0 radical (unpaired) electrons. The topological polar surface area (TPSA) is 129 Å². The van der Waals surface area contributed by atoms with Crippen LogP contribution in [-0.4, -0.2) is 88.0 Å². The van der Waals surface area contributed by atoms with Gasteiger partial charge in [-0.05, 0) is 88.1 Å². The van der Waals surface area contributed by atoms with Crippen molar-refractivity contribution in [3.8, 4) is 0 Å². The second-order valence-corrected chi connectivity index (χ2v) is 14.7. The van der Waals surface area contributed by atoms with Gasteiger partial charge in [-0.2, -0.15) is 5.10 Å². The minimum Gasteiger partial charge on any atom is -0.343 e. The number of rotatable bonds is 12. The second-order valence-electron chi connectivity index (χ2n) is 14.7. The van der Waals surface area contributed by atoms with E-state index >= 15 is 4.39 Å². The Morgan fingerprint density at radius 2 is 1.63 bits per heavy atom. The molecule has 5 rings (SSSR count). The van der Waals surface area contributed by atoms with Gasteiger partial charge in [0.05, 0.1) is 5.69 Å². The Balaban J connectivity index is 1.33. The van der Waals surface area contributed by atoms with E-state index in [-0.39, 0.29) is 35.4 Å². The Bertz CT molecular complexity index is 1500. The van der Waals surface area contributed by atoms with Crippen LogP contribution in [0.15, 0.2) is 30.5 Å². The number of benzene rings is 1. The van der Waals surface area contributed by atoms with Crippen LogP contribution in [-0.2, 0) is 20.9 Å². The monoisotopic (exact) mass is 679 g/mol. The molecule has 5 atom stereocenters.